The number of nitrogens with two attached hydrogens (primary N) is 1. The van der Waals surface area contributed by atoms with E-state index < -0.39 is 0 Å². The first-order valence-electron chi connectivity index (χ1n) is 8.31. The molecule has 1 aliphatic heterocycles. The minimum Gasteiger partial charge on any atom is -0.368 e. The van der Waals surface area contributed by atoms with Gasteiger partial charge in [-0.15, -0.1) is 0 Å². The van der Waals surface area contributed by atoms with Crippen LogP contribution in [0.4, 0.5) is 17.8 Å². The van der Waals surface area contributed by atoms with E-state index in [0.717, 1.165) is 31.5 Å². The van der Waals surface area contributed by atoms with Gasteiger partial charge in [0.15, 0.2) is 0 Å². The van der Waals surface area contributed by atoms with Gasteiger partial charge in [0.2, 0.25) is 17.8 Å². The molecule has 2 aliphatic rings. The second-order valence-electron chi connectivity index (χ2n) is 6.23. The van der Waals surface area contributed by atoms with E-state index in [-0.39, 0.29) is 0 Å². The number of nitrogens with zero attached hydrogens (tertiary/aromatic N) is 4. The van der Waals surface area contributed by atoms with Crippen molar-refractivity contribution in [2.24, 2.45) is 5.92 Å². The highest BCUT2D eigenvalue weighted by Gasteiger charge is 2.17. The van der Waals surface area contributed by atoms with Crippen molar-refractivity contribution in [3.8, 4) is 0 Å². The molecule has 6 heteroatoms. The third-order valence-corrected chi connectivity index (χ3v) is 4.59. The molecule has 1 saturated carbocycles. The van der Waals surface area contributed by atoms with Crippen molar-refractivity contribution in [2.75, 3.05) is 35.6 Å². The summed E-state index contributed by atoms with van der Waals surface area (Å²) in [7, 11) is 0. The van der Waals surface area contributed by atoms with Crippen molar-refractivity contribution < 1.29 is 0 Å². The molecule has 1 saturated heterocycles. The number of nitrogens with one attached hydrogen (secondary N) is 1. The van der Waals surface area contributed by atoms with Gasteiger partial charge in [-0.3, -0.25) is 0 Å². The molecule has 0 bridgehead atoms. The van der Waals surface area contributed by atoms with E-state index in [1.165, 1.54) is 51.4 Å². The summed E-state index contributed by atoms with van der Waals surface area (Å²) in [6.45, 7) is 2.96. The van der Waals surface area contributed by atoms with Crippen LogP contribution in [-0.4, -0.2) is 34.6 Å². The molecular formula is C15H26N6. The molecule has 116 valence electrons. The normalized spacial score (nSPS) is 19.9. The largest absolute Gasteiger partial charge is 0.368 e. The lowest BCUT2D eigenvalue weighted by Gasteiger charge is -2.21. The van der Waals surface area contributed by atoms with Gasteiger partial charge in [-0.2, -0.15) is 15.0 Å². The molecule has 0 unspecified atom stereocenters. The van der Waals surface area contributed by atoms with Crippen LogP contribution in [0.2, 0.25) is 0 Å². The molecular weight excluding hydrogens is 264 g/mol. The fourth-order valence-corrected chi connectivity index (χ4v) is 3.38. The third-order valence-electron chi connectivity index (χ3n) is 4.59. The predicted octanol–water partition coefficient (Wildman–Crippen LogP) is 2.44. The van der Waals surface area contributed by atoms with Gasteiger partial charge in [-0.1, -0.05) is 32.1 Å². The van der Waals surface area contributed by atoms with E-state index in [2.05, 4.69) is 25.2 Å². The van der Waals surface area contributed by atoms with Crippen molar-refractivity contribution >= 4 is 17.8 Å². The summed E-state index contributed by atoms with van der Waals surface area (Å²) >= 11 is 0. The Bertz CT molecular complexity index is 451. The fraction of sp³-hybridized carbons (Fsp3) is 0.800. The van der Waals surface area contributed by atoms with Crippen molar-refractivity contribution in [3.63, 3.8) is 0 Å². The van der Waals surface area contributed by atoms with Gasteiger partial charge in [0.1, 0.15) is 0 Å². The average Bonchev–Trinajstić information content (AvgIpc) is 3.02. The van der Waals surface area contributed by atoms with Crippen LogP contribution in [0.3, 0.4) is 0 Å². The van der Waals surface area contributed by atoms with Gasteiger partial charge in [0.25, 0.3) is 0 Å². The Morgan fingerprint density at radius 2 is 1.76 bits per heavy atom. The van der Waals surface area contributed by atoms with E-state index in [9.17, 15) is 0 Å². The minimum atomic E-state index is 0.312. The van der Waals surface area contributed by atoms with E-state index in [4.69, 9.17) is 5.73 Å². The smallest absolute Gasteiger partial charge is 0.231 e. The third kappa shape index (κ3) is 3.95. The number of nitrogen functional groups attached to an aromatic ring is 1. The average molecular weight is 290 g/mol. The Kier molecular flexibility index (Phi) is 4.72. The quantitative estimate of drug-likeness (QED) is 0.867. The maximum atomic E-state index is 5.81. The monoisotopic (exact) mass is 290 g/mol. The first-order chi connectivity index (χ1) is 10.3. The van der Waals surface area contributed by atoms with Crippen molar-refractivity contribution in [1.29, 1.82) is 0 Å². The molecule has 0 amide bonds. The van der Waals surface area contributed by atoms with Crippen LogP contribution in [0.25, 0.3) is 0 Å². The van der Waals surface area contributed by atoms with Gasteiger partial charge in [0.05, 0.1) is 0 Å². The maximum absolute atomic E-state index is 5.81. The summed E-state index contributed by atoms with van der Waals surface area (Å²) in [5.41, 5.74) is 5.81. The number of anilines is 3. The second-order valence-corrected chi connectivity index (χ2v) is 6.23. The van der Waals surface area contributed by atoms with E-state index in [0.29, 0.717) is 11.9 Å². The van der Waals surface area contributed by atoms with Gasteiger partial charge in [-0.05, 0) is 25.2 Å². The van der Waals surface area contributed by atoms with Crippen molar-refractivity contribution in [1.82, 2.24) is 15.0 Å². The first kappa shape index (κ1) is 14.4. The van der Waals surface area contributed by atoms with E-state index in [1.54, 1.807) is 0 Å². The van der Waals surface area contributed by atoms with Gasteiger partial charge >= 0.3 is 0 Å². The maximum Gasteiger partial charge on any atom is 0.231 e. The van der Waals surface area contributed by atoms with Gasteiger partial charge in [-0.25, -0.2) is 0 Å². The van der Waals surface area contributed by atoms with Crippen molar-refractivity contribution in [3.05, 3.63) is 0 Å². The zero-order valence-electron chi connectivity index (χ0n) is 12.7. The van der Waals surface area contributed by atoms with E-state index >= 15 is 0 Å². The molecule has 2 heterocycles. The van der Waals surface area contributed by atoms with E-state index in [1.807, 2.05) is 0 Å². The summed E-state index contributed by atoms with van der Waals surface area (Å²) < 4.78 is 0. The lowest BCUT2D eigenvalue weighted by atomic mass is 9.87. The highest BCUT2D eigenvalue weighted by atomic mass is 15.3. The summed E-state index contributed by atoms with van der Waals surface area (Å²) in [6, 6.07) is 0. The Balaban J connectivity index is 1.54. The molecule has 21 heavy (non-hydrogen) atoms. The lowest BCUT2D eigenvalue weighted by molar-refractivity contribution is 0.345. The SMILES string of the molecule is Nc1nc(NCCC2CCCCC2)nc(N2CCCC2)n1. The first-order valence-corrected chi connectivity index (χ1v) is 8.31. The van der Waals surface area contributed by atoms with Crippen LogP contribution in [0.5, 0.6) is 0 Å². The van der Waals surface area contributed by atoms with Crippen LogP contribution in [0.1, 0.15) is 51.4 Å². The molecule has 6 nitrogen and oxygen atoms in total. The number of hydrogen-bond donors (Lipinski definition) is 2. The summed E-state index contributed by atoms with van der Waals surface area (Å²) in [4.78, 5) is 15.2. The molecule has 1 aromatic heterocycles. The highest BCUT2D eigenvalue weighted by molar-refractivity contribution is 5.42. The standard InChI is InChI=1S/C15H26N6/c16-13-18-14(17-9-8-12-6-2-1-3-7-12)20-15(19-13)21-10-4-5-11-21/h12H,1-11H2,(H3,16,17,18,19,20). The molecule has 2 fully saturated rings. The van der Waals surface area contributed by atoms with Crippen LogP contribution in [0, 0.1) is 5.92 Å². The van der Waals surface area contributed by atoms with Crippen LogP contribution in [-0.2, 0) is 0 Å². The van der Waals surface area contributed by atoms with Gasteiger partial charge < -0.3 is 16.0 Å². The fourth-order valence-electron chi connectivity index (χ4n) is 3.38. The highest BCUT2D eigenvalue weighted by Crippen LogP contribution is 2.26. The van der Waals surface area contributed by atoms with Crippen LogP contribution < -0.4 is 16.0 Å². The number of rotatable bonds is 5. The Morgan fingerprint density at radius 1 is 1.00 bits per heavy atom. The zero-order chi connectivity index (χ0) is 14.5. The van der Waals surface area contributed by atoms with Crippen LogP contribution >= 0.6 is 0 Å². The Morgan fingerprint density at radius 3 is 2.52 bits per heavy atom. The molecule has 0 radical (unpaired) electrons. The predicted molar refractivity (Wildman–Crippen MR) is 85.4 cm³/mol. The summed E-state index contributed by atoms with van der Waals surface area (Å²) in [5, 5.41) is 3.33. The lowest BCUT2D eigenvalue weighted by Crippen LogP contribution is -2.22. The topological polar surface area (TPSA) is 80.0 Å². The van der Waals surface area contributed by atoms with Crippen molar-refractivity contribution in [2.45, 2.75) is 51.4 Å². The molecule has 0 aromatic carbocycles. The summed E-state index contributed by atoms with van der Waals surface area (Å²) in [5.74, 6) is 2.52. The zero-order valence-corrected chi connectivity index (χ0v) is 12.7. The molecule has 3 N–H and O–H groups in total. The molecule has 0 atom stereocenters. The minimum absolute atomic E-state index is 0.312. The molecule has 3 rings (SSSR count). The number of aromatic nitrogens is 3. The molecule has 1 aliphatic carbocycles. The summed E-state index contributed by atoms with van der Waals surface area (Å²) in [6.07, 6.45) is 10.6. The Labute approximate surface area is 126 Å². The molecule has 1 aromatic rings. The number of hydrogen-bond acceptors (Lipinski definition) is 6. The van der Waals surface area contributed by atoms with Gasteiger partial charge in [0, 0.05) is 19.6 Å². The Hall–Kier alpha value is -1.59. The second kappa shape index (κ2) is 6.91. The molecule has 0 spiro atoms. The van der Waals surface area contributed by atoms with Crippen LogP contribution in [0.15, 0.2) is 0 Å².